The van der Waals surface area contributed by atoms with Gasteiger partial charge in [-0.25, -0.2) is 0 Å². The second-order valence-corrected chi connectivity index (χ2v) is 3.78. The fraction of sp³-hybridized carbons (Fsp3) is 0.182. The summed E-state index contributed by atoms with van der Waals surface area (Å²) in [6, 6.07) is 5.25. The number of carbonyl (C=O) groups is 1. The van der Waals surface area contributed by atoms with E-state index in [9.17, 15) is 4.79 Å². The van der Waals surface area contributed by atoms with Gasteiger partial charge in [0.25, 0.3) is 0 Å². The van der Waals surface area contributed by atoms with Crippen molar-refractivity contribution < 1.29 is 4.79 Å². The van der Waals surface area contributed by atoms with E-state index in [2.05, 4.69) is 6.58 Å². The standard InChI is InChI=1S/C11H10Cl2O/c1-8(3-2-6-14)10-5-4-9(12)7-11(10)13/h4-7H,1-3H2. The number of aldehydes is 1. The van der Waals surface area contributed by atoms with E-state index in [0.29, 0.717) is 22.9 Å². The minimum atomic E-state index is 0.470. The lowest BCUT2D eigenvalue weighted by molar-refractivity contribution is -0.107. The van der Waals surface area contributed by atoms with E-state index in [4.69, 9.17) is 23.2 Å². The third-order valence-electron chi connectivity index (χ3n) is 1.88. The summed E-state index contributed by atoms with van der Waals surface area (Å²) >= 11 is 11.7. The van der Waals surface area contributed by atoms with Crippen LogP contribution in [0.3, 0.4) is 0 Å². The quantitative estimate of drug-likeness (QED) is 0.713. The summed E-state index contributed by atoms with van der Waals surface area (Å²) in [5.41, 5.74) is 1.72. The SMILES string of the molecule is C=C(CCC=O)c1ccc(Cl)cc1Cl. The number of hydrogen-bond acceptors (Lipinski definition) is 1. The van der Waals surface area contributed by atoms with Crippen LogP contribution in [0.2, 0.25) is 10.0 Å². The van der Waals surface area contributed by atoms with Gasteiger partial charge < -0.3 is 4.79 Å². The highest BCUT2D eigenvalue weighted by molar-refractivity contribution is 6.35. The molecule has 1 aromatic carbocycles. The predicted molar refractivity (Wildman–Crippen MR) is 60.8 cm³/mol. The third-order valence-corrected chi connectivity index (χ3v) is 2.42. The van der Waals surface area contributed by atoms with Gasteiger partial charge in [-0.05, 0) is 29.7 Å². The molecular formula is C11H10Cl2O. The normalized spacial score (nSPS) is 9.86. The molecule has 0 N–H and O–H groups in total. The van der Waals surface area contributed by atoms with E-state index in [1.54, 1.807) is 12.1 Å². The first kappa shape index (κ1) is 11.3. The Morgan fingerprint density at radius 1 is 1.43 bits per heavy atom. The van der Waals surface area contributed by atoms with Crippen molar-refractivity contribution >= 4 is 35.1 Å². The highest BCUT2D eigenvalue weighted by Gasteiger charge is 2.04. The molecule has 1 nitrogen and oxygen atoms in total. The maximum absolute atomic E-state index is 10.2. The average molecular weight is 229 g/mol. The zero-order chi connectivity index (χ0) is 10.6. The topological polar surface area (TPSA) is 17.1 Å². The summed E-state index contributed by atoms with van der Waals surface area (Å²) in [7, 11) is 0. The molecule has 0 saturated heterocycles. The molecule has 0 spiro atoms. The van der Waals surface area contributed by atoms with Crippen LogP contribution in [0.1, 0.15) is 18.4 Å². The molecule has 0 atom stereocenters. The molecule has 0 aliphatic rings. The molecule has 1 aromatic rings. The van der Waals surface area contributed by atoms with Crippen LogP contribution in [-0.4, -0.2) is 6.29 Å². The van der Waals surface area contributed by atoms with Crippen molar-refractivity contribution in [2.24, 2.45) is 0 Å². The van der Waals surface area contributed by atoms with Gasteiger partial charge in [0.05, 0.1) is 0 Å². The minimum absolute atomic E-state index is 0.470. The Morgan fingerprint density at radius 3 is 2.71 bits per heavy atom. The maximum atomic E-state index is 10.2. The molecule has 0 fully saturated rings. The Balaban J connectivity index is 2.84. The predicted octanol–water partition coefficient (Wildman–Crippen LogP) is 3.99. The van der Waals surface area contributed by atoms with Gasteiger partial charge in [0, 0.05) is 16.5 Å². The van der Waals surface area contributed by atoms with Crippen LogP contribution in [0.5, 0.6) is 0 Å². The van der Waals surface area contributed by atoms with E-state index in [1.807, 2.05) is 6.07 Å². The van der Waals surface area contributed by atoms with Crippen molar-refractivity contribution in [2.45, 2.75) is 12.8 Å². The third kappa shape index (κ3) is 2.86. The highest BCUT2D eigenvalue weighted by atomic mass is 35.5. The summed E-state index contributed by atoms with van der Waals surface area (Å²) in [5.74, 6) is 0. The van der Waals surface area contributed by atoms with Crippen LogP contribution >= 0.6 is 23.2 Å². The Kier molecular flexibility index (Phi) is 4.18. The first-order valence-electron chi connectivity index (χ1n) is 4.22. The Labute approximate surface area is 93.3 Å². The Morgan fingerprint density at radius 2 is 2.14 bits per heavy atom. The Bertz CT molecular complexity index is 358. The first-order valence-corrected chi connectivity index (χ1v) is 4.97. The van der Waals surface area contributed by atoms with Gasteiger partial charge in [0.15, 0.2) is 0 Å². The van der Waals surface area contributed by atoms with E-state index < -0.39 is 0 Å². The number of benzene rings is 1. The van der Waals surface area contributed by atoms with Crippen molar-refractivity contribution in [3.63, 3.8) is 0 Å². The average Bonchev–Trinajstić information content (AvgIpc) is 2.14. The van der Waals surface area contributed by atoms with E-state index >= 15 is 0 Å². The van der Waals surface area contributed by atoms with Crippen LogP contribution in [0.25, 0.3) is 5.57 Å². The summed E-state index contributed by atoms with van der Waals surface area (Å²) in [6.07, 6.45) is 1.97. The van der Waals surface area contributed by atoms with Crippen LogP contribution in [0, 0.1) is 0 Å². The molecule has 3 heteroatoms. The molecular weight excluding hydrogens is 219 g/mol. The largest absolute Gasteiger partial charge is 0.303 e. The summed E-state index contributed by atoms with van der Waals surface area (Å²) in [5, 5.41) is 1.18. The molecule has 0 bridgehead atoms. The van der Waals surface area contributed by atoms with Crippen LogP contribution in [0.15, 0.2) is 24.8 Å². The number of allylic oxidation sites excluding steroid dienone is 1. The molecule has 1 rings (SSSR count). The maximum Gasteiger partial charge on any atom is 0.120 e. The molecule has 0 amide bonds. The van der Waals surface area contributed by atoms with Crippen molar-refractivity contribution in [3.8, 4) is 0 Å². The van der Waals surface area contributed by atoms with Crippen molar-refractivity contribution in [2.75, 3.05) is 0 Å². The second kappa shape index (κ2) is 5.18. The summed E-state index contributed by atoms with van der Waals surface area (Å²) in [6.45, 7) is 3.87. The highest BCUT2D eigenvalue weighted by Crippen LogP contribution is 2.28. The number of halogens is 2. The fourth-order valence-corrected chi connectivity index (χ4v) is 1.69. The second-order valence-electron chi connectivity index (χ2n) is 2.93. The van der Waals surface area contributed by atoms with Gasteiger partial charge in [0.2, 0.25) is 0 Å². The number of carbonyl (C=O) groups excluding carboxylic acids is 1. The van der Waals surface area contributed by atoms with Gasteiger partial charge in [-0.3, -0.25) is 0 Å². The molecule has 0 heterocycles. The van der Waals surface area contributed by atoms with Crippen LogP contribution < -0.4 is 0 Å². The smallest absolute Gasteiger partial charge is 0.120 e. The lowest BCUT2D eigenvalue weighted by atomic mass is 10.0. The minimum Gasteiger partial charge on any atom is -0.303 e. The van der Waals surface area contributed by atoms with E-state index in [1.165, 1.54) is 0 Å². The van der Waals surface area contributed by atoms with Gasteiger partial charge >= 0.3 is 0 Å². The Hall–Kier alpha value is -0.790. The molecule has 0 radical (unpaired) electrons. The molecule has 0 unspecified atom stereocenters. The zero-order valence-electron chi connectivity index (χ0n) is 7.59. The lowest BCUT2D eigenvalue weighted by Gasteiger charge is -2.06. The molecule has 0 aliphatic heterocycles. The number of rotatable bonds is 4. The molecule has 0 saturated carbocycles. The van der Waals surface area contributed by atoms with E-state index in [-0.39, 0.29) is 0 Å². The molecule has 0 aromatic heterocycles. The van der Waals surface area contributed by atoms with Crippen LogP contribution in [0.4, 0.5) is 0 Å². The van der Waals surface area contributed by atoms with Crippen molar-refractivity contribution in [3.05, 3.63) is 40.4 Å². The molecule has 14 heavy (non-hydrogen) atoms. The van der Waals surface area contributed by atoms with Crippen molar-refractivity contribution in [1.29, 1.82) is 0 Å². The monoisotopic (exact) mass is 228 g/mol. The molecule has 74 valence electrons. The first-order chi connectivity index (χ1) is 6.65. The summed E-state index contributed by atoms with van der Waals surface area (Å²) < 4.78 is 0. The van der Waals surface area contributed by atoms with Crippen LogP contribution in [-0.2, 0) is 4.79 Å². The zero-order valence-corrected chi connectivity index (χ0v) is 9.11. The summed E-state index contributed by atoms with van der Waals surface area (Å²) in [4.78, 5) is 10.2. The van der Waals surface area contributed by atoms with Gasteiger partial charge in [-0.2, -0.15) is 0 Å². The van der Waals surface area contributed by atoms with Gasteiger partial charge in [0.1, 0.15) is 6.29 Å². The number of hydrogen-bond donors (Lipinski definition) is 0. The molecule has 0 aliphatic carbocycles. The fourth-order valence-electron chi connectivity index (χ4n) is 1.14. The van der Waals surface area contributed by atoms with E-state index in [0.717, 1.165) is 17.4 Å². The van der Waals surface area contributed by atoms with Crippen molar-refractivity contribution in [1.82, 2.24) is 0 Å². The van der Waals surface area contributed by atoms with Gasteiger partial charge in [-0.15, -0.1) is 0 Å². The van der Waals surface area contributed by atoms with Gasteiger partial charge in [-0.1, -0.05) is 35.8 Å². The lowest BCUT2D eigenvalue weighted by Crippen LogP contribution is -1.86.